The van der Waals surface area contributed by atoms with Gasteiger partial charge in [-0.05, 0) is 199 Å². The fraction of sp³-hybridized carbons (Fsp3) is 0. The Hall–Kier alpha value is -9.88. The number of benzene rings is 14. The van der Waals surface area contributed by atoms with Crippen LogP contribution in [-0.2, 0) is 0 Å². The Kier molecular flexibility index (Phi) is 8.65. The van der Waals surface area contributed by atoms with E-state index in [9.17, 15) is 0 Å². The standard InChI is InChI=1S/C76H44/c1-7-21-46(22-8-1)67-62-41-58-52-37-39-54-60-43-64-65(70(49-27-13-4-14-28-49)76-57-36-20-34-45-33-19-35-56(66(45)57)75(76)69(64)48-25-11-3-12-26-48)44-61(60)55-40-38-53(73(52)74(54)55)59(58)42-63(62)68(47-23-9-2-10-24-47)72(51-31-17-6-18-32-51)71(67)50-29-15-5-16-30-50/h1-44H. The molecular formula is C76H44. The maximum atomic E-state index is 2.56. The van der Waals surface area contributed by atoms with Gasteiger partial charge in [-0.3, -0.25) is 0 Å². The second kappa shape index (κ2) is 15.8. The third kappa shape index (κ3) is 5.68. The minimum atomic E-state index is 1.20. The summed E-state index contributed by atoms with van der Waals surface area (Å²) in [7, 11) is 0. The zero-order valence-corrected chi connectivity index (χ0v) is 41.4. The number of hydrogen-bond acceptors (Lipinski definition) is 0. The smallest absolute Gasteiger partial charge is 0.000741 e. The molecule has 0 fully saturated rings. The molecule has 0 saturated carbocycles. The van der Waals surface area contributed by atoms with Gasteiger partial charge in [0.1, 0.15) is 0 Å². The van der Waals surface area contributed by atoms with Crippen LogP contribution in [0.15, 0.2) is 267 Å². The molecule has 348 valence electrons. The van der Waals surface area contributed by atoms with Gasteiger partial charge in [-0.1, -0.05) is 243 Å². The number of fused-ring (bicyclic) bond motifs is 11. The van der Waals surface area contributed by atoms with E-state index in [1.165, 1.54) is 175 Å². The zero-order valence-electron chi connectivity index (χ0n) is 41.4. The molecule has 0 aromatic heterocycles. The van der Waals surface area contributed by atoms with E-state index in [-0.39, 0.29) is 0 Å². The molecule has 1 aliphatic rings. The van der Waals surface area contributed by atoms with Crippen LogP contribution in [0.25, 0.3) is 175 Å². The molecule has 0 saturated heterocycles. The maximum absolute atomic E-state index is 2.56. The normalized spacial score (nSPS) is 12.2. The van der Waals surface area contributed by atoms with E-state index in [1.54, 1.807) is 0 Å². The summed E-state index contributed by atoms with van der Waals surface area (Å²) in [5.41, 5.74) is 20.1. The monoisotopic (exact) mass is 956 g/mol. The van der Waals surface area contributed by atoms with Crippen LogP contribution in [0, 0.1) is 0 Å². The molecule has 0 aliphatic heterocycles. The molecule has 17 rings (SSSR count). The lowest BCUT2D eigenvalue weighted by atomic mass is 9.78. The van der Waals surface area contributed by atoms with Crippen molar-refractivity contribution in [3.05, 3.63) is 267 Å². The molecule has 0 heteroatoms. The van der Waals surface area contributed by atoms with Crippen molar-refractivity contribution in [2.24, 2.45) is 0 Å². The van der Waals surface area contributed by atoms with Crippen molar-refractivity contribution < 1.29 is 0 Å². The van der Waals surface area contributed by atoms with Gasteiger partial charge in [-0.25, -0.2) is 0 Å². The average Bonchev–Trinajstić information content (AvgIpc) is 4.31. The van der Waals surface area contributed by atoms with E-state index >= 15 is 0 Å². The quantitative estimate of drug-likeness (QED) is 0.156. The van der Waals surface area contributed by atoms with Gasteiger partial charge >= 0.3 is 0 Å². The minimum Gasteiger partial charge on any atom is -0.0622 e. The Morgan fingerprint density at radius 2 is 0.474 bits per heavy atom. The van der Waals surface area contributed by atoms with Crippen LogP contribution in [0.5, 0.6) is 0 Å². The predicted molar refractivity (Wildman–Crippen MR) is 326 cm³/mol. The highest BCUT2D eigenvalue weighted by Gasteiger charge is 2.31. The van der Waals surface area contributed by atoms with Gasteiger partial charge in [-0.2, -0.15) is 0 Å². The van der Waals surface area contributed by atoms with E-state index < -0.39 is 0 Å². The van der Waals surface area contributed by atoms with E-state index in [4.69, 9.17) is 0 Å². The van der Waals surface area contributed by atoms with Gasteiger partial charge in [0.05, 0.1) is 0 Å². The third-order valence-corrected chi connectivity index (χ3v) is 17.0. The lowest BCUT2D eigenvalue weighted by molar-refractivity contribution is 1.57. The van der Waals surface area contributed by atoms with Gasteiger partial charge in [0.2, 0.25) is 0 Å². The maximum Gasteiger partial charge on any atom is -0.000741 e. The molecule has 0 amide bonds. The molecular weight excluding hydrogens is 913 g/mol. The van der Waals surface area contributed by atoms with Crippen molar-refractivity contribution in [1.82, 2.24) is 0 Å². The van der Waals surface area contributed by atoms with Gasteiger partial charge in [0.25, 0.3) is 0 Å². The molecule has 16 aromatic carbocycles. The first kappa shape index (κ1) is 41.6. The van der Waals surface area contributed by atoms with Gasteiger partial charge in [-0.15, -0.1) is 0 Å². The van der Waals surface area contributed by atoms with Crippen molar-refractivity contribution in [3.8, 4) is 89.0 Å². The number of rotatable bonds is 6. The van der Waals surface area contributed by atoms with Gasteiger partial charge in [0.15, 0.2) is 0 Å². The largest absolute Gasteiger partial charge is 0.0622 e. The summed E-state index contributed by atoms with van der Waals surface area (Å²) in [6.45, 7) is 0. The van der Waals surface area contributed by atoms with Crippen LogP contribution in [0.4, 0.5) is 0 Å². The highest BCUT2D eigenvalue weighted by molar-refractivity contribution is 6.43. The highest BCUT2D eigenvalue weighted by atomic mass is 14.3. The van der Waals surface area contributed by atoms with Crippen molar-refractivity contribution >= 4 is 86.2 Å². The summed E-state index contributed by atoms with van der Waals surface area (Å²) in [5.74, 6) is 0. The highest BCUT2D eigenvalue weighted by Crippen LogP contribution is 2.59. The summed E-state index contributed by atoms with van der Waals surface area (Å²) in [6.07, 6.45) is 0. The summed E-state index contributed by atoms with van der Waals surface area (Å²) >= 11 is 0. The Labute approximate surface area is 439 Å². The molecule has 16 aromatic rings. The van der Waals surface area contributed by atoms with Crippen molar-refractivity contribution in [3.63, 3.8) is 0 Å². The van der Waals surface area contributed by atoms with Gasteiger partial charge in [0, 0.05) is 0 Å². The van der Waals surface area contributed by atoms with E-state index in [0.29, 0.717) is 0 Å². The van der Waals surface area contributed by atoms with E-state index in [2.05, 4.69) is 267 Å². The Bertz CT molecular complexity index is 4710. The predicted octanol–water partition coefficient (Wildman–Crippen LogP) is 21.4. The topological polar surface area (TPSA) is 0 Å². The Morgan fingerprint density at radius 3 is 0.842 bits per heavy atom. The lowest BCUT2D eigenvalue weighted by Crippen LogP contribution is -1.98. The fourth-order valence-electron chi connectivity index (χ4n) is 14.1. The lowest BCUT2D eigenvalue weighted by Gasteiger charge is -2.25. The van der Waals surface area contributed by atoms with Crippen LogP contribution in [0.2, 0.25) is 0 Å². The first-order valence-electron chi connectivity index (χ1n) is 26.6. The van der Waals surface area contributed by atoms with E-state index in [0.717, 1.165) is 0 Å². The first-order chi connectivity index (χ1) is 37.8. The third-order valence-electron chi connectivity index (χ3n) is 17.0. The van der Waals surface area contributed by atoms with Gasteiger partial charge < -0.3 is 0 Å². The molecule has 0 spiro atoms. The van der Waals surface area contributed by atoms with Crippen LogP contribution in [0.1, 0.15) is 0 Å². The molecule has 0 heterocycles. The SMILES string of the molecule is c1ccc(-c2c(-c3ccccc3)c(-c3ccccc3)c3cc4c(cc3c2-c2ccccc2)-c2ccc3c5cc6c(-c7ccccc7)c7c8cccc9cccc(c7c(-c7ccccc7)c6cc5c5ccc-4c2c35)c98)cc1. The molecule has 76 heavy (non-hydrogen) atoms. The molecule has 0 atom stereocenters. The van der Waals surface area contributed by atoms with Crippen molar-refractivity contribution in [1.29, 1.82) is 0 Å². The first-order valence-corrected chi connectivity index (χ1v) is 26.6. The fourth-order valence-corrected chi connectivity index (χ4v) is 14.1. The zero-order chi connectivity index (χ0) is 49.6. The second-order valence-corrected chi connectivity index (χ2v) is 20.9. The molecule has 1 aliphatic carbocycles. The molecule has 0 nitrogen and oxygen atoms in total. The molecule has 0 bridgehead atoms. The van der Waals surface area contributed by atoms with E-state index in [1.807, 2.05) is 0 Å². The molecule has 0 radical (unpaired) electrons. The Morgan fingerprint density at radius 1 is 0.145 bits per heavy atom. The van der Waals surface area contributed by atoms with Crippen LogP contribution < -0.4 is 0 Å². The summed E-state index contributed by atoms with van der Waals surface area (Å²) < 4.78 is 0. The van der Waals surface area contributed by atoms with Crippen LogP contribution in [-0.4, -0.2) is 0 Å². The Balaban J connectivity index is 1.01. The summed E-state index contributed by atoms with van der Waals surface area (Å²) in [5, 5.41) is 20.9. The second-order valence-electron chi connectivity index (χ2n) is 20.9. The van der Waals surface area contributed by atoms with Crippen LogP contribution in [0.3, 0.4) is 0 Å². The summed E-state index contributed by atoms with van der Waals surface area (Å²) in [6, 6.07) is 100. The summed E-state index contributed by atoms with van der Waals surface area (Å²) in [4.78, 5) is 0. The number of hydrogen-bond donors (Lipinski definition) is 0. The average molecular weight is 957 g/mol. The van der Waals surface area contributed by atoms with Crippen LogP contribution >= 0.6 is 0 Å². The minimum absolute atomic E-state index is 1.20. The molecule has 0 N–H and O–H groups in total. The van der Waals surface area contributed by atoms with Crippen molar-refractivity contribution in [2.75, 3.05) is 0 Å². The van der Waals surface area contributed by atoms with Crippen molar-refractivity contribution in [2.45, 2.75) is 0 Å². The molecule has 0 unspecified atom stereocenters.